The van der Waals surface area contributed by atoms with Gasteiger partial charge in [0.2, 0.25) is 0 Å². The third-order valence-corrected chi connectivity index (χ3v) is 5.29. The molecule has 0 aliphatic rings. The molecular formula is C19H14N4O4S. The Kier molecular flexibility index (Phi) is 4.50. The van der Waals surface area contributed by atoms with Gasteiger partial charge in [0, 0.05) is 17.4 Å². The van der Waals surface area contributed by atoms with Gasteiger partial charge in [0.25, 0.3) is 15.9 Å². The van der Waals surface area contributed by atoms with Crippen molar-refractivity contribution in [1.29, 1.82) is 0 Å². The summed E-state index contributed by atoms with van der Waals surface area (Å²) in [7, 11) is -3.77. The van der Waals surface area contributed by atoms with Gasteiger partial charge in [-0.3, -0.25) is 9.52 Å². The largest absolute Gasteiger partial charge is 0.443 e. The molecule has 0 unspecified atom stereocenters. The lowest BCUT2D eigenvalue weighted by molar-refractivity contribution is 0.102. The maximum atomic E-state index is 12.4. The third kappa shape index (κ3) is 3.69. The van der Waals surface area contributed by atoms with Crippen LogP contribution < -0.4 is 10.0 Å². The summed E-state index contributed by atoms with van der Waals surface area (Å²) in [5.41, 5.74) is 2.04. The van der Waals surface area contributed by atoms with E-state index >= 15 is 0 Å². The van der Waals surface area contributed by atoms with E-state index in [1.165, 1.54) is 36.9 Å². The van der Waals surface area contributed by atoms with Crippen molar-refractivity contribution < 1.29 is 17.6 Å². The summed E-state index contributed by atoms with van der Waals surface area (Å²) in [5.74, 6) is -0.116. The molecule has 140 valence electrons. The van der Waals surface area contributed by atoms with Gasteiger partial charge >= 0.3 is 0 Å². The van der Waals surface area contributed by atoms with Gasteiger partial charge in [-0.25, -0.2) is 18.4 Å². The van der Waals surface area contributed by atoms with Crippen LogP contribution in [-0.4, -0.2) is 24.3 Å². The summed E-state index contributed by atoms with van der Waals surface area (Å²) < 4.78 is 32.3. The highest BCUT2D eigenvalue weighted by Crippen LogP contribution is 2.19. The number of nitrogens with zero attached hydrogens (tertiary/aromatic N) is 2. The molecule has 0 saturated heterocycles. The monoisotopic (exact) mass is 394 g/mol. The molecule has 28 heavy (non-hydrogen) atoms. The molecule has 1 amide bonds. The van der Waals surface area contributed by atoms with Crippen LogP contribution in [0.5, 0.6) is 0 Å². The number of anilines is 2. The maximum absolute atomic E-state index is 12.4. The van der Waals surface area contributed by atoms with Crippen molar-refractivity contribution in [2.75, 3.05) is 10.0 Å². The lowest BCUT2D eigenvalue weighted by Gasteiger charge is -2.09. The molecule has 0 aliphatic heterocycles. The molecule has 8 nitrogen and oxygen atoms in total. The van der Waals surface area contributed by atoms with E-state index in [1.54, 1.807) is 36.4 Å². The molecule has 0 bridgehead atoms. The number of hydrogen-bond acceptors (Lipinski definition) is 6. The number of benzene rings is 2. The summed E-state index contributed by atoms with van der Waals surface area (Å²) in [6.45, 7) is 0. The second-order valence-electron chi connectivity index (χ2n) is 5.83. The highest BCUT2D eigenvalue weighted by atomic mass is 32.2. The standard InChI is InChI=1S/C19H14N4O4S/c24-19(13-4-9-17-16(11-13)21-12-27-17)22-14-5-7-15(8-6-14)28(25,26)23-18-3-1-2-10-20-18/h1-12H,(H,20,23)(H,22,24). The fourth-order valence-electron chi connectivity index (χ4n) is 2.54. The average molecular weight is 394 g/mol. The number of carbonyl (C=O) groups excluding carboxylic acids is 1. The summed E-state index contributed by atoms with van der Waals surface area (Å²) in [4.78, 5) is 20.4. The van der Waals surface area contributed by atoms with Crippen LogP contribution >= 0.6 is 0 Å². The fourth-order valence-corrected chi connectivity index (χ4v) is 3.55. The first kappa shape index (κ1) is 17.7. The number of carbonyl (C=O) groups is 1. The zero-order valence-corrected chi connectivity index (χ0v) is 15.2. The van der Waals surface area contributed by atoms with Gasteiger partial charge in [-0.05, 0) is 54.6 Å². The number of rotatable bonds is 5. The van der Waals surface area contributed by atoms with Gasteiger partial charge in [0.15, 0.2) is 12.0 Å². The first-order chi connectivity index (χ1) is 13.5. The van der Waals surface area contributed by atoms with Crippen molar-refractivity contribution in [3.8, 4) is 0 Å². The van der Waals surface area contributed by atoms with Crippen molar-refractivity contribution >= 4 is 38.5 Å². The highest BCUT2D eigenvalue weighted by Gasteiger charge is 2.15. The molecule has 2 aromatic carbocycles. The molecule has 0 radical (unpaired) electrons. The maximum Gasteiger partial charge on any atom is 0.263 e. The highest BCUT2D eigenvalue weighted by molar-refractivity contribution is 7.92. The van der Waals surface area contributed by atoms with E-state index in [-0.39, 0.29) is 16.6 Å². The number of pyridine rings is 1. The molecule has 0 aliphatic carbocycles. The molecule has 4 aromatic rings. The molecule has 2 heterocycles. The van der Waals surface area contributed by atoms with Crippen LogP contribution in [0, 0.1) is 0 Å². The predicted molar refractivity (Wildman–Crippen MR) is 103 cm³/mol. The minimum Gasteiger partial charge on any atom is -0.443 e. The lowest BCUT2D eigenvalue weighted by atomic mass is 10.2. The van der Waals surface area contributed by atoms with Gasteiger partial charge in [0.1, 0.15) is 11.3 Å². The van der Waals surface area contributed by atoms with Gasteiger partial charge in [-0.1, -0.05) is 6.07 Å². The van der Waals surface area contributed by atoms with Crippen LogP contribution in [0.3, 0.4) is 0 Å². The second kappa shape index (κ2) is 7.12. The Bertz CT molecular complexity index is 1240. The van der Waals surface area contributed by atoms with Gasteiger partial charge < -0.3 is 9.73 Å². The molecule has 0 fully saturated rings. The van der Waals surface area contributed by atoms with E-state index in [4.69, 9.17) is 4.42 Å². The first-order valence-electron chi connectivity index (χ1n) is 8.20. The molecule has 0 saturated carbocycles. The number of sulfonamides is 1. The quantitative estimate of drug-likeness (QED) is 0.537. The topological polar surface area (TPSA) is 114 Å². The Morgan fingerprint density at radius 2 is 1.79 bits per heavy atom. The van der Waals surface area contributed by atoms with Crippen LogP contribution in [0.2, 0.25) is 0 Å². The average Bonchev–Trinajstić information content (AvgIpc) is 3.16. The van der Waals surface area contributed by atoms with Crippen molar-refractivity contribution in [2.45, 2.75) is 4.90 Å². The predicted octanol–water partition coefficient (Wildman–Crippen LogP) is 3.28. The van der Waals surface area contributed by atoms with Crippen LogP contribution in [-0.2, 0) is 10.0 Å². The zero-order valence-electron chi connectivity index (χ0n) is 14.4. The normalized spacial score (nSPS) is 11.3. The molecule has 0 atom stereocenters. The Hall–Kier alpha value is -3.72. The van der Waals surface area contributed by atoms with Crippen molar-refractivity contribution in [3.05, 3.63) is 78.8 Å². The van der Waals surface area contributed by atoms with Crippen molar-refractivity contribution in [2.24, 2.45) is 0 Å². The molecule has 2 aromatic heterocycles. The number of fused-ring (bicyclic) bond motifs is 1. The molecule has 2 N–H and O–H groups in total. The van der Waals surface area contributed by atoms with E-state index in [9.17, 15) is 13.2 Å². The Morgan fingerprint density at radius 3 is 2.54 bits per heavy atom. The van der Waals surface area contributed by atoms with E-state index in [0.717, 1.165) is 0 Å². The van der Waals surface area contributed by atoms with Crippen LogP contribution in [0.4, 0.5) is 11.5 Å². The molecule has 9 heteroatoms. The van der Waals surface area contributed by atoms with Crippen LogP contribution in [0.15, 0.2) is 82.6 Å². The summed E-state index contributed by atoms with van der Waals surface area (Å²) in [6, 6.07) is 15.7. The van der Waals surface area contributed by atoms with Gasteiger partial charge in [0.05, 0.1) is 4.90 Å². The lowest BCUT2D eigenvalue weighted by Crippen LogP contribution is -2.14. The fraction of sp³-hybridized carbons (Fsp3) is 0. The number of amides is 1. The summed E-state index contributed by atoms with van der Waals surface area (Å²) in [6.07, 6.45) is 2.80. The Labute approximate surface area is 160 Å². The molecule has 0 spiro atoms. The van der Waals surface area contributed by atoms with Gasteiger partial charge in [-0.15, -0.1) is 0 Å². The Morgan fingerprint density at radius 1 is 0.964 bits per heavy atom. The summed E-state index contributed by atoms with van der Waals surface area (Å²) >= 11 is 0. The molecule has 4 rings (SSSR count). The van der Waals surface area contributed by atoms with E-state index in [0.29, 0.717) is 22.4 Å². The minimum absolute atomic E-state index is 0.0557. The Balaban J connectivity index is 1.49. The minimum atomic E-state index is -3.77. The van der Waals surface area contributed by atoms with E-state index in [2.05, 4.69) is 20.0 Å². The number of aromatic nitrogens is 2. The molecular weight excluding hydrogens is 380 g/mol. The third-order valence-electron chi connectivity index (χ3n) is 3.92. The SMILES string of the molecule is O=C(Nc1ccc(S(=O)(=O)Nc2ccccn2)cc1)c1ccc2ocnc2c1. The summed E-state index contributed by atoms with van der Waals surface area (Å²) in [5, 5.41) is 2.72. The number of oxazole rings is 1. The van der Waals surface area contributed by atoms with E-state index < -0.39 is 10.0 Å². The van der Waals surface area contributed by atoms with Crippen molar-refractivity contribution in [1.82, 2.24) is 9.97 Å². The van der Waals surface area contributed by atoms with Gasteiger partial charge in [-0.2, -0.15) is 0 Å². The second-order valence-corrected chi connectivity index (χ2v) is 7.52. The van der Waals surface area contributed by atoms with Crippen LogP contribution in [0.1, 0.15) is 10.4 Å². The van der Waals surface area contributed by atoms with E-state index in [1.807, 2.05) is 0 Å². The smallest absolute Gasteiger partial charge is 0.263 e. The number of nitrogens with one attached hydrogen (secondary N) is 2. The first-order valence-corrected chi connectivity index (χ1v) is 9.68. The number of hydrogen-bond donors (Lipinski definition) is 2. The van der Waals surface area contributed by atoms with Crippen LogP contribution in [0.25, 0.3) is 11.1 Å². The zero-order chi connectivity index (χ0) is 19.6. The van der Waals surface area contributed by atoms with Crippen molar-refractivity contribution in [3.63, 3.8) is 0 Å².